The van der Waals surface area contributed by atoms with Gasteiger partial charge < -0.3 is 0 Å². The topological polar surface area (TPSA) is 25.8 Å². The van der Waals surface area contributed by atoms with Crippen molar-refractivity contribution < 1.29 is 0 Å². The van der Waals surface area contributed by atoms with Crippen LogP contribution in [0.5, 0.6) is 0 Å². The van der Waals surface area contributed by atoms with E-state index in [4.69, 9.17) is 9.97 Å². The third kappa shape index (κ3) is 5.68. The molecular formula is C64H44N2. The fraction of sp³-hybridized carbons (Fsp3) is 0.0625. The molecule has 0 bridgehead atoms. The van der Waals surface area contributed by atoms with E-state index in [9.17, 15) is 0 Å². The zero-order chi connectivity index (χ0) is 44.0. The van der Waals surface area contributed by atoms with Crippen LogP contribution in [0.3, 0.4) is 0 Å². The Morgan fingerprint density at radius 3 is 1.59 bits per heavy atom. The highest BCUT2D eigenvalue weighted by atomic mass is 14.9. The van der Waals surface area contributed by atoms with E-state index in [1.165, 1.54) is 82.9 Å². The van der Waals surface area contributed by atoms with Crippen LogP contribution < -0.4 is 0 Å². The first-order valence-corrected chi connectivity index (χ1v) is 23.0. The average Bonchev–Trinajstić information content (AvgIpc) is 3.81. The maximum Gasteiger partial charge on any atom is 0.160 e. The molecule has 310 valence electrons. The third-order valence-corrected chi connectivity index (χ3v) is 14.5. The van der Waals surface area contributed by atoms with E-state index in [2.05, 4.69) is 238 Å². The van der Waals surface area contributed by atoms with E-state index in [1.807, 2.05) is 6.07 Å². The Bertz CT molecular complexity index is 3680. The highest BCUT2D eigenvalue weighted by molar-refractivity contribution is 6.00. The van der Waals surface area contributed by atoms with Crippen LogP contribution in [0.15, 0.2) is 231 Å². The Morgan fingerprint density at radius 2 is 0.848 bits per heavy atom. The molecule has 2 aliphatic carbocycles. The van der Waals surface area contributed by atoms with Crippen LogP contribution in [0.25, 0.3) is 88.8 Å². The van der Waals surface area contributed by atoms with Crippen molar-refractivity contribution in [3.05, 3.63) is 264 Å². The smallest absolute Gasteiger partial charge is 0.160 e. The Balaban J connectivity index is 0.963. The standard InChI is InChI=1S/C64H44N2/c1-63(2)56-31-17-29-53(60(56)54-38-42-20-12-13-21-43(42)39-57(54)63)59-40-58(65-62(66-59)41-18-6-3-7-19-41)47-35-33-44-36-46(34-32-45(44)37-47)50-27-16-28-52-51-26-14-15-30-55(51)64(61(50)52,48-22-8-4-9-23-48)49-24-10-5-11-25-49/h3-40H,1-2H3. The van der Waals surface area contributed by atoms with E-state index in [-0.39, 0.29) is 5.41 Å². The lowest BCUT2D eigenvalue weighted by atomic mass is 9.66. The number of fused-ring (bicyclic) bond motifs is 8. The molecule has 0 fully saturated rings. The van der Waals surface area contributed by atoms with Crippen molar-refractivity contribution in [3.63, 3.8) is 0 Å². The zero-order valence-electron chi connectivity index (χ0n) is 36.8. The molecule has 0 spiro atoms. The summed E-state index contributed by atoms with van der Waals surface area (Å²) in [5.74, 6) is 0.714. The fourth-order valence-electron chi connectivity index (χ4n) is 11.5. The number of rotatable bonds is 6. The molecule has 0 radical (unpaired) electrons. The van der Waals surface area contributed by atoms with E-state index < -0.39 is 5.41 Å². The van der Waals surface area contributed by atoms with Gasteiger partial charge in [0.05, 0.1) is 16.8 Å². The second-order valence-electron chi connectivity index (χ2n) is 18.5. The molecule has 0 N–H and O–H groups in total. The minimum Gasteiger partial charge on any atom is -0.228 e. The van der Waals surface area contributed by atoms with Gasteiger partial charge in [-0.05, 0) is 119 Å². The summed E-state index contributed by atoms with van der Waals surface area (Å²) in [6, 6.07) is 84.5. The van der Waals surface area contributed by atoms with Gasteiger partial charge in [-0.25, -0.2) is 9.97 Å². The molecule has 1 heterocycles. The molecule has 2 aliphatic rings. The maximum absolute atomic E-state index is 5.36. The molecule has 11 aromatic rings. The normalized spacial score (nSPS) is 13.8. The van der Waals surface area contributed by atoms with Gasteiger partial charge in [0.1, 0.15) is 0 Å². The van der Waals surface area contributed by atoms with Gasteiger partial charge in [-0.3, -0.25) is 0 Å². The summed E-state index contributed by atoms with van der Waals surface area (Å²) in [4.78, 5) is 10.7. The van der Waals surface area contributed by atoms with Gasteiger partial charge in [-0.2, -0.15) is 0 Å². The molecule has 1 aromatic heterocycles. The molecule has 0 atom stereocenters. The first-order valence-electron chi connectivity index (χ1n) is 23.0. The van der Waals surface area contributed by atoms with Crippen LogP contribution in [0, 0.1) is 0 Å². The van der Waals surface area contributed by atoms with Gasteiger partial charge in [0.15, 0.2) is 5.82 Å². The van der Waals surface area contributed by atoms with Gasteiger partial charge in [-0.1, -0.05) is 214 Å². The number of benzene rings is 10. The van der Waals surface area contributed by atoms with Crippen LogP contribution in [-0.4, -0.2) is 9.97 Å². The number of nitrogens with zero attached hydrogens (tertiary/aromatic N) is 2. The molecule has 0 unspecified atom stereocenters. The summed E-state index contributed by atoms with van der Waals surface area (Å²) in [6.07, 6.45) is 0. The molecule has 10 aromatic carbocycles. The van der Waals surface area contributed by atoms with Crippen molar-refractivity contribution in [2.75, 3.05) is 0 Å². The average molecular weight is 841 g/mol. The summed E-state index contributed by atoms with van der Waals surface area (Å²) in [5.41, 5.74) is 19.7. The van der Waals surface area contributed by atoms with Crippen LogP contribution in [0.1, 0.15) is 47.2 Å². The van der Waals surface area contributed by atoms with Crippen molar-refractivity contribution >= 4 is 21.5 Å². The monoisotopic (exact) mass is 840 g/mol. The Kier molecular flexibility index (Phi) is 8.51. The van der Waals surface area contributed by atoms with Crippen molar-refractivity contribution in [2.45, 2.75) is 24.7 Å². The molecule has 13 rings (SSSR count). The lowest BCUT2D eigenvalue weighted by molar-refractivity contribution is 0.661. The molecule has 0 saturated carbocycles. The summed E-state index contributed by atoms with van der Waals surface area (Å²) in [5, 5.41) is 4.85. The lowest BCUT2D eigenvalue weighted by Crippen LogP contribution is -2.29. The van der Waals surface area contributed by atoms with E-state index in [0.29, 0.717) is 5.82 Å². The minimum atomic E-state index is -0.491. The van der Waals surface area contributed by atoms with Gasteiger partial charge in [0.2, 0.25) is 0 Å². The molecule has 0 saturated heterocycles. The number of hydrogen-bond acceptors (Lipinski definition) is 2. The van der Waals surface area contributed by atoms with E-state index in [1.54, 1.807) is 0 Å². The molecule has 2 heteroatoms. The van der Waals surface area contributed by atoms with Gasteiger partial charge in [-0.15, -0.1) is 0 Å². The predicted octanol–water partition coefficient (Wildman–Crippen LogP) is 16.1. The summed E-state index contributed by atoms with van der Waals surface area (Å²) >= 11 is 0. The van der Waals surface area contributed by atoms with Crippen LogP contribution in [0.2, 0.25) is 0 Å². The first-order chi connectivity index (χ1) is 32.5. The van der Waals surface area contributed by atoms with Crippen molar-refractivity contribution in [3.8, 4) is 67.3 Å². The lowest BCUT2D eigenvalue weighted by Gasteiger charge is -2.35. The van der Waals surface area contributed by atoms with E-state index in [0.717, 1.165) is 33.5 Å². The van der Waals surface area contributed by atoms with Crippen molar-refractivity contribution in [1.82, 2.24) is 9.97 Å². The maximum atomic E-state index is 5.36. The first kappa shape index (κ1) is 38.3. The summed E-state index contributed by atoms with van der Waals surface area (Å²) in [7, 11) is 0. The third-order valence-electron chi connectivity index (χ3n) is 14.5. The highest BCUT2D eigenvalue weighted by Gasteiger charge is 2.47. The number of aromatic nitrogens is 2. The quantitative estimate of drug-likeness (QED) is 0.167. The van der Waals surface area contributed by atoms with Crippen LogP contribution in [0.4, 0.5) is 0 Å². The minimum absolute atomic E-state index is 0.158. The predicted molar refractivity (Wildman–Crippen MR) is 274 cm³/mol. The number of hydrogen-bond donors (Lipinski definition) is 0. The summed E-state index contributed by atoms with van der Waals surface area (Å²) in [6.45, 7) is 4.70. The fourth-order valence-corrected chi connectivity index (χ4v) is 11.5. The van der Waals surface area contributed by atoms with Crippen molar-refractivity contribution in [1.29, 1.82) is 0 Å². The van der Waals surface area contributed by atoms with Gasteiger partial charge in [0.25, 0.3) is 0 Å². The second-order valence-corrected chi connectivity index (χ2v) is 18.5. The van der Waals surface area contributed by atoms with Crippen LogP contribution >= 0.6 is 0 Å². The van der Waals surface area contributed by atoms with Gasteiger partial charge >= 0.3 is 0 Å². The van der Waals surface area contributed by atoms with Crippen LogP contribution in [-0.2, 0) is 10.8 Å². The molecule has 2 nitrogen and oxygen atoms in total. The van der Waals surface area contributed by atoms with Gasteiger partial charge in [0, 0.05) is 22.1 Å². The Hall–Kier alpha value is -8.20. The Labute approximate surface area is 385 Å². The largest absolute Gasteiger partial charge is 0.228 e. The second kappa shape index (κ2) is 14.7. The Morgan fingerprint density at radius 1 is 0.318 bits per heavy atom. The molecule has 0 aliphatic heterocycles. The summed E-state index contributed by atoms with van der Waals surface area (Å²) < 4.78 is 0. The molecule has 66 heavy (non-hydrogen) atoms. The zero-order valence-corrected chi connectivity index (χ0v) is 36.8. The highest BCUT2D eigenvalue weighted by Crippen LogP contribution is 2.59. The molecule has 0 amide bonds. The molecular weight excluding hydrogens is 797 g/mol. The SMILES string of the molecule is CC1(C)c2cc3ccccc3cc2-c2c(-c3cc(-c4ccc5cc(-c6cccc7c6C(c6ccccc6)(c6ccccc6)c6ccccc6-7)ccc5c4)nc(-c4ccccc4)n3)cccc21. The van der Waals surface area contributed by atoms with E-state index >= 15 is 0 Å². The van der Waals surface area contributed by atoms with Crippen molar-refractivity contribution in [2.24, 2.45) is 0 Å².